The summed E-state index contributed by atoms with van der Waals surface area (Å²) in [5, 5.41) is 8.26. The lowest BCUT2D eigenvalue weighted by molar-refractivity contribution is 0.166. The molecule has 0 radical (unpaired) electrons. The van der Waals surface area contributed by atoms with E-state index in [-0.39, 0.29) is 11.1 Å². The lowest BCUT2D eigenvalue weighted by atomic mass is 10.2. The first-order valence-electron chi connectivity index (χ1n) is 7.15. The van der Waals surface area contributed by atoms with Gasteiger partial charge in [0, 0.05) is 0 Å². The van der Waals surface area contributed by atoms with Gasteiger partial charge >= 0.3 is 0 Å². The Bertz CT molecular complexity index is 572. The SMILES string of the molecule is CC(O[Si](C)(C)C(C)(C)C)c1ncc(Cn2nccn2)o1. The van der Waals surface area contributed by atoms with Crippen LogP contribution in [-0.2, 0) is 11.0 Å². The fourth-order valence-corrected chi connectivity index (χ4v) is 3.06. The first-order valence-corrected chi connectivity index (χ1v) is 10.1. The predicted molar refractivity (Wildman–Crippen MR) is 82.3 cm³/mol. The molecule has 0 fully saturated rings. The lowest BCUT2D eigenvalue weighted by Gasteiger charge is -2.37. The van der Waals surface area contributed by atoms with Crippen molar-refractivity contribution in [1.82, 2.24) is 20.0 Å². The van der Waals surface area contributed by atoms with Crippen LogP contribution in [0.15, 0.2) is 23.0 Å². The largest absolute Gasteiger partial charge is 0.441 e. The predicted octanol–water partition coefficient (Wildman–Crippen LogP) is 3.40. The lowest BCUT2D eigenvalue weighted by Crippen LogP contribution is -2.41. The van der Waals surface area contributed by atoms with E-state index in [1.54, 1.807) is 23.4 Å². The van der Waals surface area contributed by atoms with Crippen molar-refractivity contribution in [3.8, 4) is 0 Å². The van der Waals surface area contributed by atoms with Gasteiger partial charge in [-0.25, -0.2) is 4.98 Å². The summed E-state index contributed by atoms with van der Waals surface area (Å²) < 4.78 is 12.0. The number of rotatable bonds is 5. The average molecular weight is 308 g/mol. The summed E-state index contributed by atoms with van der Waals surface area (Å²) in [5.74, 6) is 1.34. The van der Waals surface area contributed by atoms with Crippen LogP contribution in [0.2, 0.25) is 18.1 Å². The van der Waals surface area contributed by atoms with Crippen molar-refractivity contribution in [2.24, 2.45) is 0 Å². The molecule has 2 heterocycles. The molecular weight excluding hydrogens is 284 g/mol. The van der Waals surface area contributed by atoms with E-state index in [1.165, 1.54) is 0 Å². The van der Waals surface area contributed by atoms with Gasteiger partial charge in [0.15, 0.2) is 8.32 Å². The van der Waals surface area contributed by atoms with Crippen LogP contribution in [0.5, 0.6) is 0 Å². The van der Waals surface area contributed by atoms with E-state index in [0.29, 0.717) is 12.4 Å². The molecule has 2 rings (SSSR count). The Hall–Kier alpha value is -1.47. The summed E-state index contributed by atoms with van der Waals surface area (Å²) in [7, 11) is -1.83. The molecule has 1 unspecified atom stereocenters. The van der Waals surface area contributed by atoms with Crippen LogP contribution in [0.4, 0.5) is 0 Å². The number of hydrogen-bond acceptors (Lipinski definition) is 5. The Morgan fingerprint density at radius 1 is 1.29 bits per heavy atom. The van der Waals surface area contributed by atoms with E-state index >= 15 is 0 Å². The van der Waals surface area contributed by atoms with Gasteiger partial charge in [0.2, 0.25) is 5.89 Å². The molecule has 2 aromatic heterocycles. The molecule has 0 aliphatic carbocycles. The van der Waals surface area contributed by atoms with E-state index < -0.39 is 8.32 Å². The summed E-state index contributed by atoms with van der Waals surface area (Å²) in [5.41, 5.74) is 0. The van der Waals surface area contributed by atoms with Crippen LogP contribution >= 0.6 is 0 Å². The summed E-state index contributed by atoms with van der Waals surface area (Å²) in [4.78, 5) is 5.88. The topological polar surface area (TPSA) is 66.0 Å². The molecule has 0 amide bonds. The molecule has 0 bridgehead atoms. The van der Waals surface area contributed by atoms with Gasteiger partial charge < -0.3 is 8.84 Å². The maximum absolute atomic E-state index is 6.28. The van der Waals surface area contributed by atoms with Crippen LogP contribution in [-0.4, -0.2) is 28.3 Å². The third-order valence-corrected chi connectivity index (χ3v) is 8.52. The molecule has 0 aromatic carbocycles. The Morgan fingerprint density at radius 3 is 2.48 bits per heavy atom. The van der Waals surface area contributed by atoms with Gasteiger partial charge in [0.1, 0.15) is 18.4 Å². The van der Waals surface area contributed by atoms with Crippen LogP contribution < -0.4 is 0 Å². The summed E-state index contributed by atoms with van der Waals surface area (Å²) in [6, 6.07) is 0. The summed E-state index contributed by atoms with van der Waals surface area (Å²) in [6.07, 6.45) is 4.84. The molecule has 0 saturated heterocycles. The third-order valence-electron chi connectivity index (χ3n) is 3.96. The highest BCUT2D eigenvalue weighted by molar-refractivity contribution is 6.74. The molecule has 0 saturated carbocycles. The quantitative estimate of drug-likeness (QED) is 0.792. The molecular formula is C14H24N4O2Si. The second-order valence-electron chi connectivity index (χ2n) is 6.74. The number of hydrogen-bond donors (Lipinski definition) is 0. The number of aromatic nitrogens is 4. The Kier molecular flexibility index (Phi) is 4.34. The standard InChI is InChI=1S/C14H24N4O2Si/c1-11(20-21(5,6)14(2,3)4)13-15-9-12(19-13)10-18-16-7-8-17-18/h7-9,11H,10H2,1-6H3. The third kappa shape index (κ3) is 3.79. The molecule has 0 spiro atoms. The smallest absolute Gasteiger partial charge is 0.222 e. The van der Waals surface area contributed by atoms with Gasteiger partial charge in [0.05, 0.1) is 18.6 Å². The highest BCUT2D eigenvalue weighted by Crippen LogP contribution is 2.39. The fraction of sp³-hybridized carbons (Fsp3) is 0.643. The monoisotopic (exact) mass is 308 g/mol. The molecule has 1 atom stereocenters. The van der Waals surface area contributed by atoms with Crippen LogP contribution in [0.25, 0.3) is 0 Å². The molecule has 0 aliphatic rings. The second-order valence-corrected chi connectivity index (χ2v) is 11.5. The van der Waals surface area contributed by atoms with E-state index in [2.05, 4.69) is 49.0 Å². The molecule has 7 heteroatoms. The minimum atomic E-state index is -1.83. The Labute approximate surface area is 126 Å². The van der Waals surface area contributed by atoms with Crippen LogP contribution in [0, 0.1) is 0 Å². The normalized spacial score (nSPS) is 14.4. The number of oxazole rings is 1. The molecule has 21 heavy (non-hydrogen) atoms. The maximum atomic E-state index is 6.28. The minimum absolute atomic E-state index is 0.148. The number of nitrogens with zero attached hydrogens (tertiary/aromatic N) is 4. The van der Waals surface area contributed by atoms with Crippen molar-refractivity contribution in [3.05, 3.63) is 30.2 Å². The minimum Gasteiger partial charge on any atom is -0.441 e. The first kappa shape index (κ1) is 15.9. The van der Waals surface area contributed by atoms with Crippen molar-refractivity contribution >= 4 is 8.32 Å². The van der Waals surface area contributed by atoms with Gasteiger partial charge in [-0.3, -0.25) is 0 Å². The van der Waals surface area contributed by atoms with E-state index in [9.17, 15) is 0 Å². The molecule has 0 N–H and O–H groups in total. The molecule has 6 nitrogen and oxygen atoms in total. The van der Waals surface area contributed by atoms with Crippen molar-refractivity contribution in [2.75, 3.05) is 0 Å². The van der Waals surface area contributed by atoms with Gasteiger partial charge in [-0.1, -0.05) is 20.8 Å². The maximum Gasteiger partial charge on any atom is 0.222 e. The van der Waals surface area contributed by atoms with Crippen molar-refractivity contribution in [1.29, 1.82) is 0 Å². The van der Waals surface area contributed by atoms with Crippen molar-refractivity contribution in [2.45, 2.75) is 58.5 Å². The van der Waals surface area contributed by atoms with Crippen molar-refractivity contribution in [3.63, 3.8) is 0 Å². The molecule has 2 aromatic rings. The van der Waals surface area contributed by atoms with Crippen LogP contribution in [0.1, 0.15) is 45.4 Å². The summed E-state index contributed by atoms with van der Waals surface area (Å²) >= 11 is 0. The average Bonchev–Trinajstić information content (AvgIpc) is 2.98. The van der Waals surface area contributed by atoms with Gasteiger partial charge in [-0.2, -0.15) is 15.0 Å². The highest BCUT2D eigenvalue weighted by Gasteiger charge is 2.39. The zero-order valence-corrected chi connectivity index (χ0v) is 14.6. The zero-order valence-electron chi connectivity index (χ0n) is 13.6. The Balaban J connectivity index is 2.04. The van der Waals surface area contributed by atoms with E-state index in [4.69, 9.17) is 8.84 Å². The van der Waals surface area contributed by atoms with Gasteiger partial charge in [-0.05, 0) is 25.1 Å². The van der Waals surface area contributed by atoms with Gasteiger partial charge in [-0.15, -0.1) is 0 Å². The molecule has 116 valence electrons. The van der Waals surface area contributed by atoms with E-state index in [1.807, 2.05) is 6.92 Å². The Morgan fingerprint density at radius 2 is 1.90 bits per heavy atom. The van der Waals surface area contributed by atoms with Crippen molar-refractivity contribution < 1.29 is 8.84 Å². The van der Waals surface area contributed by atoms with Crippen LogP contribution in [0.3, 0.4) is 0 Å². The summed E-state index contributed by atoms with van der Waals surface area (Å²) in [6.45, 7) is 13.6. The second kappa shape index (κ2) is 5.73. The zero-order chi connectivity index (χ0) is 15.7. The fourth-order valence-electron chi connectivity index (χ4n) is 1.72. The highest BCUT2D eigenvalue weighted by atomic mass is 28.4. The first-order chi connectivity index (χ1) is 9.69. The molecule has 0 aliphatic heterocycles. The van der Waals surface area contributed by atoms with Gasteiger partial charge in [0.25, 0.3) is 0 Å². The van der Waals surface area contributed by atoms with E-state index in [0.717, 1.165) is 5.76 Å².